The van der Waals surface area contributed by atoms with Gasteiger partial charge < -0.3 is 20.5 Å². The van der Waals surface area contributed by atoms with Gasteiger partial charge in [-0.2, -0.15) is 0 Å². The average molecular weight is 359 g/mol. The van der Waals surface area contributed by atoms with Gasteiger partial charge in [0.15, 0.2) is 5.96 Å². The zero-order valence-electron chi connectivity index (χ0n) is 15.5. The van der Waals surface area contributed by atoms with Crippen LogP contribution in [0.1, 0.15) is 16.7 Å². The number of nitrogens with zero attached hydrogens (tertiary/aromatic N) is 1. The van der Waals surface area contributed by atoms with Crippen molar-refractivity contribution in [3.63, 3.8) is 0 Å². The zero-order chi connectivity index (χ0) is 18.9. The molecule has 0 heterocycles. The van der Waals surface area contributed by atoms with E-state index in [1.807, 2.05) is 25.1 Å². The van der Waals surface area contributed by atoms with E-state index >= 15 is 0 Å². The van der Waals surface area contributed by atoms with Crippen LogP contribution in [0, 0.1) is 12.7 Å². The molecular weight excluding hydrogens is 333 g/mol. The van der Waals surface area contributed by atoms with E-state index in [0.717, 1.165) is 23.1 Å². The molecule has 26 heavy (non-hydrogen) atoms. The highest BCUT2D eigenvalue weighted by molar-refractivity contribution is 5.79. The second kappa shape index (κ2) is 9.65. The Kier molecular flexibility index (Phi) is 7.26. The Bertz CT molecular complexity index is 763. The molecule has 2 aromatic carbocycles. The summed E-state index contributed by atoms with van der Waals surface area (Å²) in [7, 11) is 3.28. The second-order valence-electron chi connectivity index (χ2n) is 5.99. The molecule has 0 radical (unpaired) electrons. The van der Waals surface area contributed by atoms with E-state index < -0.39 is 0 Å². The fraction of sp³-hybridized carbons (Fsp3) is 0.350. The van der Waals surface area contributed by atoms with Gasteiger partial charge in [-0.05, 0) is 54.7 Å². The van der Waals surface area contributed by atoms with Gasteiger partial charge in [0, 0.05) is 26.2 Å². The van der Waals surface area contributed by atoms with Crippen LogP contribution in [-0.4, -0.2) is 38.3 Å². The highest BCUT2D eigenvalue weighted by Gasteiger charge is 2.05. The Hall–Kier alpha value is -2.76. The molecule has 0 unspecified atom stereocenters. The van der Waals surface area contributed by atoms with Gasteiger partial charge in [-0.1, -0.05) is 12.1 Å². The number of aliphatic imine (C=N–C) groups is 1. The molecule has 0 amide bonds. The number of aryl methyl sites for hydroxylation is 1. The Morgan fingerprint density at radius 2 is 1.73 bits per heavy atom. The molecule has 0 saturated carbocycles. The number of methoxy groups -OCH3 is 1. The average Bonchev–Trinajstić information content (AvgIpc) is 2.63. The molecule has 2 aromatic rings. The van der Waals surface area contributed by atoms with Gasteiger partial charge in [0.1, 0.15) is 17.3 Å². The van der Waals surface area contributed by atoms with Gasteiger partial charge in [0.25, 0.3) is 0 Å². The molecule has 6 heteroatoms. The lowest BCUT2D eigenvalue weighted by Gasteiger charge is -2.13. The number of aromatic hydroxyl groups is 1. The smallest absolute Gasteiger partial charge is 0.190 e. The fourth-order valence-corrected chi connectivity index (χ4v) is 2.67. The highest BCUT2D eigenvalue weighted by atomic mass is 19.1. The third kappa shape index (κ3) is 5.65. The third-order valence-electron chi connectivity index (χ3n) is 4.19. The number of phenolic OH excluding ortho intramolecular Hbond substituents is 1. The summed E-state index contributed by atoms with van der Waals surface area (Å²) in [6.45, 7) is 3.24. The van der Waals surface area contributed by atoms with E-state index in [4.69, 9.17) is 4.74 Å². The van der Waals surface area contributed by atoms with Crippen molar-refractivity contribution in [1.82, 2.24) is 10.6 Å². The van der Waals surface area contributed by atoms with Crippen molar-refractivity contribution < 1.29 is 14.2 Å². The first-order valence-electron chi connectivity index (χ1n) is 8.59. The van der Waals surface area contributed by atoms with Crippen molar-refractivity contribution in [2.24, 2.45) is 4.99 Å². The minimum absolute atomic E-state index is 0.210. The maximum absolute atomic E-state index is 13.1. The first-order valence-corrected chi connectivity index (χ1v) is 8.59. The van der Waals surface area contributed by atoms with Crippen LogP contribution in [0.25, 0.3) is 0 Å². The topological polar surface area (TPSA) is 65.9 Å². The molecule has 0 aliphatic carbocycles. The van der Waals surface area contributed by atoms with Crippen LogP contribution in [0.4, 0.5) is 4.39 Å². The quantitative estimate of drug-likeness (QED) is 0.525. The molecule has 0 atom stereocenters. The van der Waals surface area contributed by atoms with E-state index in [-0.39, 0.29) is 11.6 Å². The number of halogens is 1. The number of ether oxygens (including phenoxy) is 1. The number of hydrogen-bond acceptors (Lipinski definition) is 3. The summed E-state index contributed by atoms with van der Waals surface area (Å²) in [6.07, 6.45) is 1.44. The Balaban J connectivity index is 1.77. The van der Waals surface area contributed by atoms with Crippen LogP contribution in [0.15, 0.2) is 41.4 Å². The summed E-state index contributed by atoms with van der Waals surface area (Å²) in [5, 5.41) is 16.4. The summed E-state index contributed by atoms with van der Waals surface area (Å²) in [5.41, 5.74) is 2.90. The molecule has 140 valence electrons. The number of phenols is 1. The number of nitrogens with one attached hydrogen (secondary N) is 2. The molecule has 0 fully saturated rings. The van der Waals surface area contributed by atoms with Gasteiger partial charge >= 0.3 is 0 Å². The summed E-state index contributed by atoms with van der Waals surface area (Å²) < 4.78 is 18.2. The maximum atomic E-state index is 13.1. The number of benzene rings is 2. The van der Waals surface area contributed by atoms with E-state index in [1.165, 1.54) is 6.07 Å². The lowest BCUT2D eigenvalue weighted by atomic mass is 10.1. The van der Waals surface area contributed by atoms with E-state index in [9.17, 15) is 9.50 Å². The first kappa shape index (κ1) is 19.6. The molecule has 0 aliphatic heterocycles. The van der Waals surface area contributed by atoms with Gasteiger partial charge in [-0.25, -0.2) is 4.39 Å². The summed E-state index contributed by atoms with van der Waals surface area (Å²) in [5.74, 6) is 1.34. The standard InChI is InChI=1S/C20H26FN3O2/c1-14-12-17(21)6-4-15(14)8-10-23-20(22-2)24-11-9-16-5-7-18(26-3)13-19(16)25/h4-7,12-13,25H,8-11H2,1-3H3,(H2,22,23,24). The summed E-state index contributed by atoms with van der Waals surface area (Å²) in [4.78, 5) is 4.19. The SMILES string of the molecule is CN=C(NCCc1ccc(F)cc1C)NCCc1ccc(OC)cc1O. The molecule has 0 bridgehead atoms. The lowest BCUT2D eigenvalue weighted by molar-refractivity contribution is 0.406. The van der Waals surface area contributed by atoms with Gasteiger partial charge in [0.05, 0.1) is 7.11 Å². The first-order chi connectivity index (χ1) is 12.5. The molecule has 5 nitrogen and oxygen atoms in total. The van der Waals surface area contributed by atoms with E-state index in [0.29, 0.717) is 31.2 Å². The minimum Gasteiger partial charge on any atom is -0.508 e. The van der Waals surface area contributed by atoms with Gasteiger partial charge in [-0.3, -0.25) is 4.99 Å². The molecule has 0 aromatic heterocycles. The van der Waals surface area contributed by atoms with Crippen LogP contribution < -0.4 is 15.4 Å². The van der Waals surface area contributed by atoms with E-state index in [2.05, 4.69) is 15.6 Å². The third-order valence-corrected chi connectivity index (χ3v) is 4.19. The molecule has 0 saturated heterocycles. The van der Waals surface area contributed by atoms with Crippen LogP contribution in [0.3, 0.4) is 0 Å². The molecule has 0 spiro atoms. The van der Waals surface area contributed by atoms with Crippen LogP contribution >= 0.6 is 0 Å². The maximum Gasteiger partial charge on any atom is 0.190 e. The summed E-state index contributed by atoms with van der Waals surface area (Å²) >= 11 is 0. The monoisotopic (exact) mass is 359 g/mol. The van der Waals surface area contributed by atoms with Crippen molar-refractivity contribution in [2.75, 3.05) is 27.2 Å². The highest BCUT2D eigenvalue weighted by Crippen LogP contribution is 2.23. The van der Waals surface area contributed by atoms with Gasteiger partial charge in [-0.15, -0.1) is 0 Å². The van der Waals surface area contributed by atoms with Crippen molar-refractivity contribution in [1.29, 1.82) is 0 Å². The van der Waals surface area contributed by atoms with Crippen molar-refractivity contribution in [2.45, 2.75) is 19.8 Å². The molecule has 0 aliphatic rings. The minimum atomic E-state index is -0.210. The van der Waals surface area contributed by atoms with Crippen LogP contribution in [-0.2, 0) is 12.8 Å². The van der Waals surface area contributed by atoms with Crippen molar-refractivity contribution in [3.05, 3.63) is 58.9 Å². The molecule has 2 rings (SSSR count). The van der Waals surface area contributed by atoms with Crippen molar-refractivity contribution >= 4 is 5.96 Å². The summed E-state index contributed by atoms with van der Waals surface area (Å²) in [6, 6.07) is 10.1. The normalized spacial score (nSPS) is 11.3. The number of rotatable bonds is 7. The van der Waals surface area contributed by atoms with Crippen LogP contribution in [0.2, 0.25) is 0 Å². The predicted octanol–water partition coefficient (Wildman–Crippen LogP) is 2.80. The Morgan fingerprint density at radius 1 is 1.08 bits per heavy atom. The Labute approximate surface area is 153 Å². The predicted molar refractivity (Wildman–Crippen MR) is 103 cm³/mol. The van der Waals surface area contributed by atoms with Gasteiger partial charge in [0.2, 0.25) is 0 Å². The molecule has 3 N–H and O–H groups in total. The van der Waals surface area contributed by atoms with Crippen molar-refractivity contribution in [3.8, 4) is 11.5 Å². The number of hydrogen-bond donors (Lipinski definition) is 3. The zero-order valence-corrected chi connectivity index (χ0v) is 15.5. The lowest BCUT2D eigenvalue weighted by Crippen LogP contribution is -2.39. The second-order valence-corrected chi connectivity index (χ2v) is 5.99. The largest absolute Gasteiger partial charge is 0.508 e. The van der Waals surface area contributed by atoms with E-state index in [1.54, 1.807) is 26.3 Å². The Morgan fingerprint density at radius 3 is 2.31 bits per heavy atom. The fourth-order valence-electron chi connectivity index (χ4n) is 2.67. The van der Waals surface area contributed by atoms with Crippen LogP contribution in [0.5, 0.6) is 11.5 Å². The molecular formula is C20H26FN3O2. The number of guanidine groups is 1.